The second-order valence-electron chi connectivity index (χ2n) is 4.53. The average molecular weight is 276 g/mol. The summed E-state index contributed by atoms with van der Waals surface area (Å²) in [6.45, 7) is 0.950. The molecule has 1 aliphatic rings. The lowest BCUT2D eigenvalue weighted by Gasteiger charge is -2.24. The molecule has 0 bridgehead atoms. The highest BCUT2D eigenvalue weighted by molar-refractivity contribution is 6.31. The number of nitrogens with one attached hydrogen (secondary N) is 1. The minimum atomic E-state index is -0.815. The van der Waals surface area contributed by atoms with Crippen LogP contribution in [0.3, 0.4) is 0 Å². The molecule has 1 atom stereocenters. The number of rotatable bonds is 3. The fourth-order valence-corrected chi connectivity index (χ4v) is 2.50. The fourth-order valence-electron chi connectivity index (χ4n) is 2.36. The molecule has 0 radical (unpaired) electrons. The van der Waals surface area contributed by atoms with E-state index in [4.69, 9.17) is 16.3 Å². The molecule has 100 valence electrons. The van der Waals surface area contributed by atoms with Crippen LogP contribution < -0.4 is 10.1 Å². The Morgan fingerprint density at radius 1 is 1.44 bits per heavy atom. The summed E-state index contributed by atoms with van der Waals surface area (Å²) in [5.41, 5.74) is 0.524. The molecule has 1 saturated heterocycles. The summed E-state index contributed by atoms with van der Waals surface area (Å²) in [7, 11) is 1.37. The summed E-state index contributed by atoms with van der Waals surface area (Å²) in [5, 5.41) is 2.83. The smallest absolute Gasteiger partial charge is 0.186 e. The zero-order valence-corrected chi connectivity index (χ0v) is 11.0. The van der Waals surface area contributed by atoms with Crippen molar-refractivity contribution < 1.29 is 13.5 Å². The van der Waals surface area contributed by atoms with Gasteiger partial charge >= 0.3 is 0 Å². The first-order valence-electron chi connectivity index (χ1n) is 6.07. The molecule has 1 fully saturated rings. The molecule has 5 heteroatoms. The maximum atomic E-state index is 13.8. The molecular weight excluding hydrogens is 260 g/mol. The van der Waals surface area contributed by atoms with Gasteiger partial charge in [-0.3, -0.25) is 0 Å². The highest BCUT2D eigenvalue weighted by Gasteiger charge is 2.21. The molecule has 1 unspecified atom stereocenters. The van der Waals surface area contributed by atoms with Gasteiger partial charge in [-0.05, 0) is 31.9 Å². The molecule has 1 aliphatic heterocycles. The number of ether oxygens (including phenoxy) is 1. The third kappa shape index (κ3) is 2.75. The SMILES string of the molecule is COc1c(CC2CCCCN2)cc(F)c(Cl)c1F. The Hall–Kier alpha value is -0.870. The zero-order chi connectivity index (χ0) is 13.1. The van der Waals surface area contributed by atoms with Crippen molar-refractivity contribution in [2.24, 2.45) is 0 Å². The molecule has 1 aromatic carbocycles. The van der Waals surface area contributed by atoms with Crippen molar-refractivity contribution in [3.8, 4) is 5.75 Å². The van der Waals surface area contributed by atoms with E-state index in [-0.39, 0.29) is 11.8 Å². The standard InChI is InChI=1S/C13H16ClF2NO/c1-18-13-8(6-9-4-2-3-5-17-9)7-10(15)11(14)12(13)16/h7,9,17H,2-6H2,1H3. The molecule has 0 spiro atoms. The Morgan fingerprint density at radius 2 is 2.22 bits per heavy atom. The van der Waals surface area contributed by atoms with Crippen LogP contribution in [0.5, 0.6) is 5.75 Å². The second-order valence-corrected chi connectivity index (χ2v) is 4.91. The van der Waals surface area contributed by atoms with Crippen molar-refractivity contribution in [2.75, 3.05) is 13.7 Å². The van der Waals surface area contributed by atoms with E-state index < -0.39 is 16.7 Å². The van der Waals surface area contributed by atoms with Crippen molar-refractivity contribution in [3.63, 3.8) is 0 Å². The Labute approximate surface area is 110 Å². The van der Waals surface area contributed by atoms with E-state index >= 15 is 0 Å². The van der Waals surface area contributed by atoms with Crippen LogP contribution in [0.4, 0.5) is 8.78 Å². The minimum absolute atomic E-state index is 0.0498. The number of hydrogen-bond donors (Lipinski definition) is 1. The van der Waals surface area contributed by atoms with Crippen LogP contribution in [0.15, 0.2) is 6.07 Å². The Balaban J connectivity index is 2.25. The summed E-state index contributed by atoms with van der Waals surface area (Å²) in [6, 6.07) is 1.51. The number of halogens is 3. The maximum Gasteiger partial charge on any atom is 0.186 e. The van der Waals surface area contributed by atoms with Crippen LogP contribution in [0, 0.1) is 11.6 Å². The van der Waals surface area contributed by atoms with Gasteiger partial charge in [0, 0.05) is 11.6 Å². The van der Waals surface area contributed by atoms with E-state index in [2.05, 4.69) is 5.32 Å². The van der Waals surface area contributed by atoms with Crippen LogP contribution in [0.1, 0.15) is 24.8 Å². The van der Waals surface area contributed by atoms with Gasteiger partial charge < -0.3 is 10.1 Å². The van der Waals surface area contributed by atoms with Crippen molar-refractivity contribution >= 4 is 11.6 Å². The summed E-state index contributed by atoms with van der Waals surface area (Å²) < 4.78 is 32.2. The predicted octanol–water partition coefficient (Wildman–Crippen LogP) is 3.31. The van der Waals surface area contributed by atoms with Gasteiger partial charge in [-0.15, -0.1) is 0 Å². The maximum absolute atomic E-state index is 13.8. The molecule has 1 N–H and O–H groups in total. The molecule has 0 aliphatic carbocycles. The lowest BCUT2D eigenvalue weighted by atomic mass is 9.97. The van der Waals surface area contributed by atoms with E-state index in [9.17, 15) is 8.78 Å². The summed E-state index contributed by atoms with van der Waals surface area (Å²) >= 11 is 5.53. The molecule has 2 rings (SSSR count). The van der Waals surface area contributed by atoms with Gasteiger partial charge in [-0.25, -0.2) is 8.78 Å². The first-order chi connectivity index (χ1) is 8.63. The van der Waals surface area contributed by atoms with Gasteiger partial charge in [0.15, 0.2) is 11.6 Å². The predicted molar refractivity (Wildman–Crippen MR) is 67.3 cm³/mol. The van der Waals surface area contributed by atoms with Crippen LogP contribution in [0.25, 0.3) is 0 Å². The molecule has 1 aromatic rings. The highest BCUT2D eigenvalue weighted by Crippen LogP contribution is 2.32. The number of piperidine rings is 1. The minimum Gasteiger partial charge on any atom is -0.493 e. The van der Waals surface area contributed by atoms with Crippen LogP contribution in [-0.2, 0) is 6.42 Å². The van der Waals surface area contributed by atoms with Gasteiger partial charge in [0.1, 0.15) is 10.8 Å². The van der Waals surface area contributed by atoms with Gasteiger partial charge in [0.05, 0.1) is 7.11 Å². The van der Waals surface area contributed by atoms with E-state index in [0.717, 1.165) is 25.8 Å². The normalized spacial score (nSPS) is 19.9. The molecule has 18 heavy (non-hydrogen) atoms. The topological polar surface area (TPSA) is 21.3 Å². The van der Waals surface area contributed by atoms with E-state index in [1.165, 1.54) is 13.2 Å². The first-order valence-corrected chi connectivity index (χ1v) is 6.45. The summed E-state index contributed by atoms with van der Waals surface area (Å²) in [6.07, 6.45) is 3.85. The van der Waals surface area contributed by atoms with Crippen molar-refractivity contribution in [2.45, 2.75) is 31.7 Å². The number of methoxy groups -OCH3 is 1. The lowest BCUT2D eigenvalue weighted by Crippen LogP contribution is -2.35. The second kappa shape index (κ2) is 5.85. The third-order valence-electron chi connectivity index (χ3n) is 3.28. The zero-order valence-electron chi connectivity index (χ0n) is 10.2. The van der Waals surface area contributed by atoms with Crippen LogP contribution >= 0.6 is 11.6 Å². The molecule has 0 aromatic heterocycles. The molecule has 0 saturated carbocycles. The largest absolute Gasteiger partial charge is 0.493 e. The quantitative estimate of drug-likeness (QED) is 0.855. The van der Waals surface area contributed by atoms with Crippen molar-refractivity contribution in [1.82, 2.24) is 5.32 Å². The highest BCUT2D eigenvalue weighted by atomic mass is 35.5. The Kier molecular flexibility index (Phi) is 4.40. The van der Waals surface area contributed by atoms with Crippen LogP contribution in [0.2, 0.25) is 5.02 Å². The van der Waals surface area contributed by atoms with Crippen LogP contribution in [-0.4, -0.2) is 19.7 Å². The first kappa shape index (κ1) is 13.6. The Bertz CT molecular complexity index is 433. The van der Waals surface area contributed by atoms with E-state index in [1.54, 1.807) is 0 Å². The van der Waals surface area contributed by atoms with Gasteiger partial charge in [0.2, 0.25) is 0 Å². The lowest BCUT2D eigenvalue weighted by molar-refractivity contribution is 0.364. The molecule has 0 amide bonds. The Morgan fingerprint density at radius 3 is 2.83 bits per heavy atom. The fraction of sp³-hybridized carbons (Fsp3) is 0.538. The molecular formula is C13H16ClF2NO. The number of benzene rings is 1. The number of hydrogen-bond acceptors (Lipinski definition) is 2. The molecule has 1 heterocycles. The van der Waals surface area contributed by atoms with Gasteiger partial charge in [-0.2, -0.15) is 0 Å². The summed E-state index contributed by atoms with van der Waals surface area (Å²) in [4.78, 5) is 0. The van der Waals surface area contributed by atoms with Crippen molar-refractivity contribution in [1.29, 1.82) is 0 Å². The van der Waals surface area contributed by atoms with E-state index in [1.807, 2.05) is 0 Å². The third-order valence-corrected chi connectivity index (χ3v) is 3.62. The molecule has 2 nitrogen and oxygen atoms in total. The van der Waals surface area contributed by atoms with Gasteiger partial charge in [0.25, 0.3) is 0 Å². The van der Waals surface area contributed by atoms with Gasteiger partial charge in [-0.1, -0.05) is 18.0 Å². The van der Waals surface area contributed by atoms with E-state index in [0.29, 0.717) is 12.0 Å². The average Bonchev–Trinajstić information content (AvgIpc) is 2.38. The summed E-state index contributed by atoms with van der Waals surface area (Å²) in [5.74, 6) is -1.50. The van der Waals surface area contributed by atoms with Crippen molar-refractivity contribution in [3.05, 3.63) is 28.3 Å². The monoisotopic (exact) mass is 275 g/mol.